The standard InChI is InChI=1S/C13H18O2/c1-4-11-5-6-13(15-3)12(9-11)10(2)7-8-14/h5-6,8-10H,4,7H2,1-3H3. The lowest BCUT2D eigenvalue weighted by Gasteiger charge is -2.14. The molecule has 0 saturated carbocycles. The zero-order valence-electron chi connectivity index (χ0n) is 9.62. The second-order valence-electron chi connectivity index (χ2n) is 3.73. The Kier molecular flexibility index (Phi) is 4.35. The molecule has 0 bridgehead atoms. The van der Waals surface area contributed by atoms with Crippen LogP contribution in [0.25, 0.3) is 0 Å². The van der Waals surface area contributed by atoms with Crippen LogP contribution in [0.3, 0.4) is 0 Å². The van der Waals surface area contributed by atoms with Gasteiger partial charge in [-0.15, -0.1) is 0 Å². The first-order valence-corrected chi connectivity index (χ1v) is 5.33. The molecule has 0 N–H and O–H groups in total. The lowest BCUT2D eigenvalue weighted by Crippen LogP contribution is -1.99. The van der Waals surface area contributed by atoms with Gasteiger partial charge in [-0.05, 0) is 29.5 Å². The minimum Gasteiger partial charge on any atom is -0.496 e. The van der Waals surface area contributed by atoms with Gasteiger partial charge in [-0.1, -0.05) is 26.0 Å². The fraction of sp³-hybridized carbons (Fsp3) is 0.462. The number of ether oxygens (including phenoxy) is 1. The van der Waals surface area contributed by atoms with Gasteiger partial charge in [0, 0.05) is 6.42 Å². The van der Waals surface area contributed by atoms with Gasteiger partial charge in [0.15, 0.2) is 0 Å². The highest BCUT2D eigenvalue weighted by Crippen LogP contribution is 2.29. The zero-order valence-corrected chi connectivity index (χ0v) is 9.62. The van der Waals surface area contributed by atoms with Gasteiger partial charge in [0.1, 0.15) is 12.0 Å². The van der Waals surface area contributed by atoms with Crippen LogP contribution in [0.5, 0.6) is 5.75 Å². The number of aldehydes is 1. The maximum Gasteiger partial charge on any atom is 0.122 e. The van der Waals surface area contributed by atoms with Gasteiger partial charge < -0.3 is 9.53 Å². The predicted molar refractivity (Wildman–Crippen MR) is 61.5 cm³/mol. The van der Waals surface area contributed by atoms with Crippen LogP contribution < -0.4 is 4.74 Å². The fourth-order valence-corrected chi connectivity index (χ4v) is 1.66. The number of benzene rings is 1. The van der Waals surface area contributed by atoms with Crippen molar-refractivity contribution in [3.63, 3.8) is 0 Å². The van der Waals surface area contributed by atoms with E-state index in [4.69, 9.17) is 4.74 Å². The second-order valence-corrected chi connectivity index (χ2v) is 3.73. The molecule has 1 aromatic rings. The molecule has 1 atom stereocenters. The van der Waals surface area contributed by atoms with Crippen LogP contribution in [0.4, 0.5) is 0 Å². The Morgan fingerprint density at radius 3 is 2.73 bits per heavy atom. The summed E-state index contributed by atoms with van der Waals surface area (Å²) in [6.07, 6.45) is 2.51. The second kappa shape index (κ2) is 5.54. The van der Waals surface area contributed by atoms with E-state index in [9.17, 15) is 4.79 Å². The molecule has 2 nitrogen and oxygen atoms in total. The number of carbonyl (C=O) groups is 1. The molecule has 0 aromatic heterocycles. The normalized spacial score (nSPS) is 12.2. The van der Waals surface area contributed by atoms with Crippen LogP contribution in [0.2, 0.25) is 0 Å². The lowest BCUT2D eigenvalue weighted by atomic mass is 9.95. The van der Waals surface area contributed by atoms with E-state index in [0.717, 1.165) is 24.0 Å². The molecule has 0 fully saturated rings. The first kappa shape index (κ1) is 11.8. The van der Waals surface area contributed by atoms with Crippen molar-refractivity contribution in [1.82, 2.24) is 0 Å². The molecule has 0 heterocycles. The molecule has 2 heteroatoms. The SMILES string of the molecule is CCc1ccc(OC)c(C(C)CC=O)c1. The summed E-state index contributed by atoms with van der Waals surface area (Å²) >= 11 is 0. The van der Waals surface area contributed by atoms with Crippen molar-refractivity contribution in [3.8, 4) is 5.75 Å². The van der Waals surface area contributed by atoms with Gasteiger partial charge in [-0.3, -0.25) is 0 Å². The minimum absolute atomic E-state index is 0.226. The van der Waals surface area contributed by atoms with E-state index in [1.54, 1.807) is 7.11 Å². The highest BCUT2D eigenvalue weighted by atomic mass is 16.5. The van der Waals surface area contributed by atoms with E-state index in [0.29, 0.717) is 6.42 Å². The molecular weight excluding hydrogens is 188 g/mol. The van der Waals surface area contributed by atoms with Crippen LogP contribution >= 0.6 is 0 Å². The van der Waals surface area contributed by atoms with Crippen LogP contribution in [0.1, 0.15) is 37.3 Å². The van der Waals surface area contributed by atoms with E-state index in [1.807, 2.05) is 13.0 Å². The van der Waals surface area contributed by atoms with Crippen molar-refractivity contribution in [2.45, 2.75) is 32.6 Å². The summed E-state index contributed by atoms with van der Waals surface area (Å²) < 4.78 is 5.30. The number of hydrogen-bond acceptors (Lipinski definition) is 2. The Bertz CT molecular complexity index is 331. The summed E-state index contributed by atoms with van der Waals surface area (Å²) in [4.78, 5) is 10.5. The predicted octanol–water partition coefficient (Wildman–Crippen LogP) is 2.95. The largest absolute Gasteiger partial charge is 0.496 e. The van der Waals surface area contributed by atoms with Crippen LogP contribution in [0, 0.1) is 0 Å². The average molecular weight is 206 g/mol. The molecular formula is C13H18O2. The highest BCUT2D eigenvalue weighted by molar-refractivity contribution is 5.53. The van der Waals surface area contributed by atoms with Crippen molar-refractivity contribution in [1.29, 1.82) is 0 Å². The summed E-state index contributed by atoms with van der Waals surface area (Å²) in [6.45, 7) is 4.17. The first-order chi connectivity index (χ1) is 7.22. The van der Waals surface area contributed by atoms with Crippen molar-refractivity contribution in [2.75, 3.05) is 7.11 Å². The maximum atomic E-state index is 10.5. The van der Waals surface area contributed by atoms with Crippen molar-refractivity contribution >= 4 is 6.29 Å². The van der Waals surface area contributed by atoms with E-state index < -0.39 is 0 Å². The molecule has 0 saturated heterocycles. The number of aryl methyl sites for hydroxylation is 1. The smallest absolute Gasteiger partial charge is 0.122 e. The molecule has 1 aromatic carbocycles. The Balaban J connectivity index is 3.04. The number of hydrogen-bond donors (Lipinski definition) is 0. The Morgan fingerprint density at radius 2 is 2.20 bits per heavy atom. The minimum atomic E-state index is 0.226. The molecule has 0 spiro atoms. The summed E-state index contributed by atoms with van der Waals surface area (Å²) in [5.74, 6) is 1.10. The van der Waals surface area contributed by atoms with Crippen LogP contribution in [-0.4, -0.2) is 13.4 Å². The van der Waals surface area contributed by atoms with Crippen molar-refractivity contribution in [3.05, 3.63) is 29.3 Å². The van der Waals surface area contributed by atoms with Gasteiger partial charge in [-0.2, -0.15) is 0 Å². The van der Waals surface area contributed by atoms with E-state index in [2.05, 4.69) is 19.1 Å². The Labute approximate surface area is 91.3 Å². The molecule has 82 valence electrons. The third-order valence-electron chi connectivity index (χ3n) is 2.68. The van der Waals surface area contributed by atoms with E-state index in [1.165, 1.54) is 5.56 Å². The molecule has 0 amide bonds. The number of rotatable bonds is 5. The van der Waals surface area contributed by atoms with Gasteiger partial charge in [0.05, 0.1) is 7.11 Å². The summed E-state index contributed by atoms with van der Waals surface area (Å²) in [5, 5.41) is 0. The van der Waals surface area contributed by atoms with Gasteiger partial charge in [-0.25, -0.2) is 0 Å². The van der Waals surface area contributed by atoms with E-state index >= 15 is 0 Å². The lowest BCUT2D eigenvalue weighted by molar-refractivity contribution is -0.108. The number of carbonyl (C=O) groups excluding carboxylic acids is 1. The van der Waals surface area contributed by atoms with Gasteiger partial charge in [0.25, 0.3) is 0 Å². The van der Waals surface area contributed by atoms with Gasteiger partial charge in [0.2, 0.25) is 0 Å². The fourth-order valence-electron chi connectivity index (χ4n) is 1.66. The molecule has 15 heavy (non-hydrogen) atoms. The number of methoxy groups -OCH3 is 1. The summed E-state index contributed by atoms with van der Waals surface area (Å²) in [6, 6.07) is 6.18. The molecule has 0 radical (unpaired) electrons. The third kappa shape index (κ3) is 2.82. The molecule has 1 unspecified atom stereocenters. The van der Waals surface area contributed by atoms with Gasteiger partial charge >= 0.3 is 0 Å². The van der Waals surface area contributed by atoms with Crippen molar-refractivity contribution in [2.24, 2.45) is 0 Å². The highest BCUT2D eigenvalue weighted by Gasteiger charge is 2.11. The monoisotopic (exact) mass is 206 g/mol. The Hall–Kier alpha value is -1.31. The Morgan fingerprint density at radius 1 is 1.47 bits per heavy atom. The van der Waals surface area contributed by atoms with Crippen LogP contribution in [0.15, 0.2) is 18.2 Å². The van der Waals surface area contributed by atoms with E-state index in [-0.39, 0.29) is 5.92 Å². The first-order valence-electron chi connectivity index (χ1n) is 5.33. The average Bonchev–Trinajstić information content (AvgIpc) is 2.28. The quantitative estimate of drug-likeness (QED) is 0.692. The summed E-state index contributed by atoms with van der Waals surface area (Å²) in [7, 11) is 1.66. The molecule has 1 rings (SSSR count). The topological polar surface area (TPSA) is 26.3 Å². The maximum absolute atomic E-state index is 10.5. The third-order valence-corrected chi connectivity index (χ3v) is 2.68. The zero-order chi connectivity index (χ0) is 11.3. The van der Waals surface area contributed by atoms with Crippen LogP contribution in [-0.2, 0) is 11.2 Å². The molecule has 0 aliphatic carbocycles. The summed E-state index contributed by atoms with van der Waals surface area (Å²) in [5.41, 5.74) is 2.41. The molecule has 0 aliphatic heterocycles. The molecule has 0 aliphatic rings. The van der Waals surface area contributed by atoms with Crippen molar-refractivity contribution < 1.29 is 9.53 Å².